The molecule has 2 saturated heterocycles. The van der Waals surface area contributed by atoms with Gasteiger partial charge in [0.25, 0.3) is 0 Å². The van der Waals surface area contributed by atoms with Crippen molar-refractivity contribution in [1.82, 2.24) is 9.80 Å². The minimum Gasteiger partial charge on any atom is -0.293 e. The van der Waals surface area contributed by atoms with Crippen LogP contribution in [-0.2, 0) is 0 Å². The molecular weight excluding hydrogens is 372 g/mol. The number of hydrogen-bond acceptors (Lipinski definition) is 4. The van der Waals surface area contributed by atoms with Crippen molar-refractivity contribution in [2.45, 2.75) is 51.6 Å². The average Bonchev–Trinajstić information content (AvgIpc) is 3.36. The lowest BCUT2D eigenvalue weighted by Crippen LogP contribution is -2.32. The molecule has 0 spiro atoms. The van der Waals surface area contributed by atoms with Crippen molar-refractivity contribution >= 4 is 11.6 Å². The molecule has 0 amide bonds. The minimum atomic E-state index is 0.187. The van der Waals surface area contributed by atoms with Gasteiger partial charge in [0.05, 0.1) is 13.1 Å². The first-order valence-corrected chi connectivity index (χ1v) is 11.3. The highest BCUT2D eigenvalue weighted by Crippen LogP contribution is 2.23. The fourth-order valence-corrected chi connectivity index (χ4v) is 4.70. The number of likely N-dealkylation sites (tertiary alicyclic amines) is 2. The Morgan fingerprint density at radius 1 is 0.700 bits per heavy atom. The van der Waals surface area contributed by atoms with Crippen LogP contribution in [0.5, 0.6) is 0 Å². The number of rotatable bonds is 7. The van der Waals surface area contributed by atoms with E-state index in [0.29, 0.717) is 25.2 Å². The molecule has 2 aromatic rings. The Labute approximate surface area is 179 Å². The molecular formula is C26H32N2O2. The van der Waals surface area contributed by atoms with E-state index in [-0.39, 0.29) is 11.6 Å². The van der Waals surface area contributed by atoms with E-state index in [9.17, 15) is 9.59 Å². The monoisotopic (exact) mass is 404 g/mol. The van der Waals surface area contributed by atoms with Crippen LogP contribution in [0.2, 0.25) is 0 Å². The highest BCUT2D eigenvalue weighted by molar-refractivity contribution is 5.99. The molecule has 0 N–H and O–H groups in total. The molecule has 4 rings (SSSR count). The maximum Gasteiger partial charge on any atom is 0.176 e. The number of ketones is 2. The van der Waals surface area contributed by atoms with Crippen molar-refractivity contribution in [3.05, 3.63) is 59.7 Å². The van der Waals surface area contributed by atoms with Crippen molar-refractivity contribution in [2.24, 2.45) is 0 Å². The summed E-state index contributed by atoms with van der Waals surface area (Å²) in [6.07, 6.45) is 4.73. The summed E-state index contributed by atoms with van der Waals surface area (Å²) in [7, 11) is 0. The maximum absolute atomic E-state index is 12.6. The molecule has 4 heteroatoms. The zero-order chi connectivity index (χ0) is 21.1. The summed E-state index contributed by atoms with van der Waals surface area (Å²) in [5.74, 6) is 0.375. The zero-order valence-corrected chi connectivity index (χ0v) is 18.1. The van der Waals surface area contributed by atoms with E-state index in [2.05, 4.69) is 23.6 Å². The highest BCUT2D eigenvalue weighted by atomic mass is 16.1. The predicted molar refractivity (Wildman–Crippen MR) is 121 cm³/mol. The van der Waals surface area contributed by atoms with Crippen LogP contribution in [0.4, 0.5) is 0 Å². The number of carbonyl (C=O) groups excluding carboxylic acids is 2. The van der Waals surface area contributed by atoms with E-state index in [1.54, 1.807) is 0 Å². The number of Topliss-reactive ketones (excluding diaryl/α,β-unsaturated/α-hetero) is 2. The molecule has 2 fully saturated rings. The summed E-state index contributed by atoms with van der Waals surface area (Å²) in [6.45, 7) is 7.45. The van der Waals surface area contributed by atoms with Gasteiger partial charge in [-0.1, -0.05) is 48.5 Å². The van der Waals surface area contributed by atoms with Crippen LogP contribution in [0.25, 0.3) is 11.1 Å². The molecule has 0 radical (unpaired) electrons. The number of hydrogen-bond donors (Lipinski definition) is 0. The zero-order valence-electron chi connectivity index (χ0n) is 18.1. The van der Waals surface area contributed by atoms with Crippen LogP contribution in [0.15, 0.2) is 48.5 Å². The summed E-state index contributed by atoms with van der Waals surface area (Å²) >= 11 is 0. The van der Waals surface area contributed by atoms with Gasteiger partial charge in [-0.3, -0.25) is 19.4 Å². The Kier molecular flexibility index (Phi) is 6.45. The molecule has 4 nitrogen and oxygen atoms in total. The van der Waals surface area contributed by atoms with Crippen molar-refractivity contribution in [3.63, 3.8) is 0 Å². The minimum absolute atomic E-state index is 0.187. The van der Waals surface area contributed by atoms with Crippen LogP contribution >= 0.6 is 0 Å². The molecule has 2 aliphatic rings. The highest BCUT2D eigenvalue weighted by Gasteiger charge is 2.23. The van der Waals surface area contributed by atoms with Crippen molar-refractivity contribution in [1.29, 1.82) is 0 Å². The lowest BCUT2D eigenvalue weighted by Gasteiger charge is -2.20. The molecule has 158 valence electrons. The molecule has 0 aromatic heterocycles. The molecule has 2 heterocycles. The van der Waals surface area contributed by atoms with Crippen LogP contribution in [-0.4, -0.2) is 59.6 Å². The van der Waals surface area contributed by atoms with Crippen LogP contribution in [0, 0.1) is 0 Å². The molecule has 0 bridgehead atoms. The first-order chi connectivity index (χ1) is 14.5. The Bertz CT molecular complexity index is 813. The topological polar surface area (TPSA) is 40.6 Å². The summed E-state index contributed by atoms with van der Waals surface area (Å²) in [4.78, 5) is 29.7. The number of benzene rings is 2. The molecule has 0 aliphatic carbocycles. The molecule has 2 unspecified atom stereocenters. The van der Waals surface area contributed by atoms with Gasteiger partial charge >= 0.3 is 0 Å². The van der Waals surface area contributed by atoms with E-state index < -0.39 is 0 Å². The van der Waals surface area contributed by atoms with Crippen LogP contribution in [0.3, 0.4) is 0 Å². The van der Waals surface area contributed by atoms with Gasteiger partial charge in [0.1, 0.15) is 0 Å². The SMILES string of the molecule is CC1CCCN1CC(=O)c1ccc(-c2ccc(C(=O)CN3CCCC3C)cc2)cc1. The Hall–Kier alpha value is -2.30. The van der Waals surface area contributed by atoms with Gasteiger partial charge < -0.3 is 0 Å². The third kappa shape index (κ3) is 4.71. The Morgan fingerprint density at radius 3 is 1.37 bits per heavy atom. The van der Waals surface area contributed by atoms with Gasteiger partial charge in [-0.15, -0.1) is 0 Å². The third-order valence-corrected chi connectivity index (χ3v) is 6.82. The normalized spacial score (nSPS) is 22.5. The van der Waals surface area contributed by atoms with E-state index in [1.165, 1.54) is 25.7 Å². The Balaban J connectivity index is 1.38. The third-order valence-electron chi connectivity index (χ3n) is 6.82. The largest absolute Gasteiger partial charge is 0.293 e. The summed E-state index contributed by atoms with van der Waals surface area (Å²) in [5, 5.41) is 0. The van der Waals surface area contributed by atoms with Gasteiger partial charge in [0, 0.05) is 23.2 Å². The quantitative estimate of drug-likeness (QED) is 0.628. The fraction of sp³-hybridized carbons (Fsp3) is 0.462. The second-order valence-electron chi connectivity index (χ2n) is 8.92. The second kappa shape index (κ2) is 9.23. The van der Waals surface area contributed by atoms with E-state index in [0.717, 1.165) is 35.3 Å². The van der Waals surface area contributed by atoms with E-state index in [1.807, 2.05) is 48.5 Å². The number of nitrogens with zero attached hydrogens (tertiary/aromatic N) is 2. The van der Waals surface area contributed by atoms with Crippen molar-refractivity contribution < 1.29 is 9.59 Å². The van der Waals surface area contributed by atoms with Crippen LogP contribution in [0.1, 0.15) is 60.2 Å². The van der Waals surface area contributed by atoms with E-state index >= 15 is 0 Å². The Morgan fingerprint density at radius 2 is 1.07 bits per heavy atom. The maximum atomic E-state index is 12.6. The van der Waals surface area contributed by atoms with Gasteiger partial charge in [-0.2, -0.15) is 0 Å². The summed E-state index contributed by atoms with van der Waals surface area (Å²) < 4.78 is 0. The molecule has 2 aliphatic heterocycles. The number of carbonyl (C=O) groups is 2. The molecule has 2 atom stereocenters. The predicted octanol–water partition coefficient (Wildman–Crippen LogP) is 4.69. The first kappa shape index (κ1) is 21.0. The summed E-state index contributed by atoms with van der Waals surface area (Å²) in [6, 6.07) is 16.7. The van der Waals surface area contributed by atoms with Gasteiger partial charge in [0.2, 0.25) is 0 Å². The van der Waals surface area contributed by atoms with Crippen LogP contribution < -0.4 is 0 Å². The van der Waals surface area contributed by atoms with Gasteiger partial charge in [-0.05, 0) is 63.7 Å². The molecule has 0 saturated carbocycles. The lowest BCUT2D eigenvalue weighted by molar-refractivity contribution is 0.0919. The molecule has 30 heavy (non-hydrogen) atoms. The van der Waals surface area contributed by atoms with Crippen molar-refractivity contribution in [3.8, 4) is 11.1 Å². The van der Waals surface area contributed by atoms with Gasteiger partial charge in [0.15, 0.2) is 11.6 Å². The summed E-state index contributed by atoms with van der Waals surface area (Å²) in [5.41, 5.74) is 3.66. The fourth-order valence-electron chi connectivity index (χ4n) is 4.70. The lowest BCUT2D eigenvalue weighted by atomic mass is 10.00. The van der Waals surface area contributed by atoms with E-state index in [4.69, 9.17) is 0 Å². The first-order valence-electron chi connectivity index (χ1n) is 11.3. The van der Waals surface area contributed by atoms with Gasteiger partial charge in [-0.25, -0.2) is 0 Å². The smallest absolute Gasteiger partial charge is 0.176 e. The average molecular weight is 405 g/mol. The molecule has 2 aromatic carbocycles. The van der Waals surface area contributed by atoms with Crippen molar-refractivity contribution in [2.75, 3.05) is 26.2 Å². The second-order valence-corrected chi connectivity index (χ2v) is 8.92. The standard InChI is InChI=1S/C26H32N2O2/c1-19-5-3-15-27(19)17-25(29)23-11-7-21(8-12-23)22-9-13-24(14-10-22)26(30)18-28-16-4-6-20(28)2/h7-14,19-20H,3-6,15-18H2,1-2H3.